The summed E-state index contributed by atoms with van der Waals surface area (Å²) in [5.74, 6) is -0.835. The summed E-state index contributed by atoms with van der Waals surface area (Å²) >= 11 is 0. The van der Waals surface area contributed by atoms with E-state index in [9.17, 15) is 14.4 Å². The van der Waals surface area contributed by atoms with Crippen molar-refractivity contribution in [3.05, 3.63) is 35.4 Å². The number of rotatable bonds is 8. The number of hydrogen-bond donors (Lipinski definition) is 2. The van der Waals surface area contributed by atoms with Crippen molar-refractivity contribution >= 4 is 17.8 Å². The molecule has 120 valence electrons. The lowest BCUT2D eigenvalue weighted by Crippen LogP contribution is -2.28. The molecule has 2 amide bonds. The first-order chi connectivity index (χ1) is 10.5. The smallest absolute Gasteiger partial charge is 0.332 e. The SMILES string of the molecule is COCC(=O)OCCNC(=O)c1ccc(CNC(C)=O)cc1. The van der Waals surface area contributed by atoms with Crippen molar-refractivity contribution < 1.29 is 23.9 Å². The van der Waals surface area contributed by atoms with Crippen LogP contribution in [0.25, 0.3) is 0 Å². The minimum atomic E-state index is -0.473. The number of carbonyl (C=O) groups excluding carboxylic acids is 3. The predicted molar refractivity (Wildman–Crippen MR) is 79.1 cm³/mol. The van der Waals surface area contributed by atoms with Crippen molar-refractivity contribution in [3.8, 4) is 0 Å². The maximum Gasteiger partial charge on any atom is 0.332 e. The maximum absolute atomic E-state index is 11.8. The van der Waals surface area contributed by atoms with Gasteiger partial charge in [0.25, 0.3) is 5.91 Å². The second kappa shape index (κ2) is 9.51. The number of methoxy groups -OCH3 is 1. The molecule has 1 aromatic rings. The van der Waals surface area contributed by atoms with E-state index in [1.807, 2.05) is 0 Å². The van der Waals surface area contributed by atoms with E-state index in [0.29, 0.717) is 12.1 Å². The van der Waals surface area contributed by atoms with E-state index in [4.69, 9.17) is 4.74 Å². The predicted octanol–water partition coefficient (Wildman–Crippen LogP) is 0.242. The van der Waals surface area contributed by atoms with Gasteiger partial charge in [-0.15, -0.1) is 0 Å². The molecule has 0 radical (unpaired) electrons. The van der Waals surface area contributed by atoms with Gasteiger partial charge in [0.05, 0.1) is 6.54 Å². The molecule has 2 N–H and O–H groups in total. The van der Waals surface area contributed by atoms with Gasteiger partial charge in [-0.05, 0) is 17.7 Å². The minimum Gasteiger partial charge on any atom is -0.462 e. The Bertz CT molecular complexity index is 513. The van der Waals surface area contributed by atoms with E-state index in [2.05, 4.69) is 15.4 Å². The van der Waals surface area contributed by atoms with Crippen molar-refractivity contribution in [1.29, 1.82) is 0 Å². The molecule has 0 aliphatic heterocycles. The van der Waals surface area contributed by atoms with Crippen molar-refractivity contribution in [1.82, 2.24) is 10.6 Å². The van der Waals surface area contributed by atoms with Crippen LogP contribution in [0.2, 0.25) is 0 Å². The summed E-state index contributed by atoms with van der Waals surface area (Å²) in [5.41, 5.74) is 1.40. The summed E-state index contributed by atoms with van der Waals surface area (Å²) in [6, 6.07) is 6.87. The zero-order valence-corrected chi connectivity index (χ0v) is 12.7. The number of carbonyl (C=O) groups is 3. The topological polar surface area (TPSA) is 93.7 Å². The first-order valence-electron chi connectivity index (χ1n) is 6.79. The van der Waals surface area contributed by atoms with Crippen molar-refractivity contribution in [2.75, 3.05) is 26.9 Å². The van der Waals surface area contributed by atoms with Crippen LogP contribution in [-0.4, -0.2) is 44.7 Å². The molecule has 1 rings (SSSR count). The van der Waals surface area contributed by atoms with Crippen LogP contribution in [0.5, 0.6) is 0 Å². The van der Waals surface area contributed by atoms with Crippen molar-refractivity contribution in [3.63, 3.8) is 0 Å². The van der Waals surface area contributed by atoms with Gasteiger partial charge in [-0.2, -0.15) is 0 Å². The van der Waals surface area contributed by atoms with Crippen LogP contribution in [0.4, 0.5) is 0 Å². The molecule has 0 aliphatic rings. The van der Waals surface area contributed by atoms with Crippen molar-refractivity contribution in [2.45, 2.75) is 13.5 Å². The lowest BCUT2D eigenvalue weighted by molar-refractivity contribution is -0.147. The van der Waals surface area contributed by atoms with Crippen LogP contribution in [0, 0.1) is 0 Å². The number of hydrogen-bond acceptors (Lipinski definition) is 5. The zero-order valence-electron chi connectivity index (χ0n) is 12.7. The van der Waals surface area contributed by atoms with Gasteiger partial charge in [0.15, 0.2) is 0 Å². The monoisotopic (exact) mass is 308 g/mol. The van der Waals surface area contributed by atoms with E-state index in [-0.39, 0.29) is 31.6 Å². The van der Waals surface area contributed by atoms with Gasteiger partial charge in [-0.1, -0.05) is 12.1 Å². The number of esters is 1. The molecule has 1 aromatic carbocycles. The van der Waals surface area contributed by atoms with Gasteiger partial charge in [0, 0.05) is 26.1 Å². The Kier molecular flexibility index (Phi) is 7.63. The van der Waals surface area contributed by atoms with Gasteiger partial charge < -0.3 is 20.1 Å². The number of amides is 2. The Morgan fingerprint density at radius 1 is 1.09 bits per heavy atom. The van der Waals surface area contributed by atoms with Crippen LogP contribution in [-0.2, 0) is 25.6 Å². The summed E-state index contributed by atoms with van der Waals surface area (Å²) in [5, 5.41) is 5.31. The quantitative estimate of drug-likeness (QED) is 0.530. The van der Waals surface area contributed by atoms with Gasteiger partial charge in [0.1, 0.15) is 13.2 Å². The normalized spacial score (nSPS) is 9.91. The molecule has 0 spiro atoms. The number of nitrogens with one attached hydrogen (secondary N) is 2. The molecule has 0 saturated heterocycles. The van der Waals surface area contributed by atoms with Crippen LogP contribution >= 0.6 is 0 Å². The molecule has 22 heavy (non-hydrogen) atoms. The van der Waals surface area contributed by atoms with Gasteiger partial charge in [-0.25, -0.2) is 4.79 Å². The third-order valence-corrected chi connectivity index (χ3v) is 2.67. The van der Waals surface area contributed by atoms with E-state index < -0.39 is 5.97 Å². The first kappa shape index (κ1) is 17.6. The molecule has 0 fully saturated rings. The number of benzene rings is 1. The van der Waals surface area contributed by atoms with Crippen molar-refractivity contribution in [2.24, 2.45) is 0 Å². The Labute approximate surface area is 129 Å². The molecule has 0 aromatic heterocycles. The van der Waals surface area contributed by atoms with Crippen LogP contribution in [0.1, 0.15) is 22.8 Å². The molecular formula is C15H20N2O5. The average Bonchev–Trinajstić information content (AvgIpc) is 2.50. The Morgan fingerprint density at radius 3 is 2.36 bits per heavy atom. The molecule has 0 unspecified atom stereocenters. The number of ether oxygens (including phenoxy) is 2. The van der Waals surface area contributed by atoms with E-state index in [1.54, 1.807) is 24.3 Å². The second-order valence-corrected chi connectivity index (χ2v) is 4.52. The van der Waals surface area contributed by atoms with Crippen LogP contribution in [0.15, 0.2) is 24.3 Å². The minimum absolute atomic E-state index is 0.0918. The summed E-state index contributed by atoms with van der Waals surface area (Å²) < 4.78 is 9.43. The molecule has 7 nitrogen and oxygen atoms in total. The van der Waals surface area contributed by atoms with Gasteiger partial charge >= 0.3 is 5.97 Å². The highest BCUT2D eigenvalue weighted by atomic mass is 16.6. The molecule has 0 aliphatic carbocycles. The highest BCUT2D eigenvalue weighted by molar-refractivity contribution is 5.94. The fourth-order valence-electron chi connectivity index (χ4n) is 1.59. The van der Waals surface area contributed by atoms with E-state index >= 15 is 0 Å². The first-order valence-corrected chi connectivity index (χ1v) is 6.79. The maximum atomic E-state index is 11.8. The fourth-order valence-corrected chi connectivity index (χ4v) is 1.59. The fraction of sp³-hybridized carbons (Fsp3) is 0.400. The standard InChI is InChI=1S/C15H20N2O5/c1-11(18)17-9-12-3-5-13(6-4-12)15(20)16-7-8-22-14(19)10-21-2/h3-6H,7-10H2,1-2H3,(H,16,20)(H,17,18). The largest absolute Gasteiger partial charge is 0.462 e. The molecular weight excluding hydrogens is 288 g/mol. The highest BCUT2D eigenvalue weighted by Crippen LogP contribution is 2.04. The summed E-state index contributed by atoms with van der Waals surface area (Å²) in [6.45, 7) is 2.08. The third kappa shape index (κ3) is 6.85. The van der Waals surface area contributed by atoms with E-state index in [0.717, 1.165) is 5.56 Å². The molecule has 7 heteroatoms. The lowest BCUT2D eigenvalue weighted by atomic mass is 10.1. The Hall–Kier alpha value is -2.41. The summed E-state index contributed by atoms with van der Waals surface area (Å²) in [6.07, 6.45) is 0. The lowest BCUT2D eigenvalue weighted by Gasteiger charge is -2.07. The molecule has 0 heterocycles. The average molecular weight is 308 g/mol. The van der Waals surface area contributed by atoms with Gasteiger partial charge in [0.2, 0.25) is 5.91 Å². The highest BCUT2D eigenvalue weighted by Gasteiger charge is 2.06. The Morgan fingerprint density at radius 2 is 1.77 bits per heavy atom. The molecule has 0 atom stereocenters. The molecule has 0 bridgehead atoms. The third-order valence-electron chi connectivity index (χ3n) is 2.67. The zero-order chi connectivity index (χ0) is 16.4. The second-order valence-electron chi connectivity index (χ2n) is 4.52. The van der Waals surface area contributed by atoms with Gasteiger partial charge in [-0.3, -0.25) is 9.59 Å². The van der Waals surface area contributed by atoms with Crippen LogP contribution in [0.3, 0.4) is 0 Å². The van der Waals surface area contributed by atoms with E-state index in [1.165, 1.54) is 14.0 Å². The molecule has 0 saturated carbocycles. The summed E-state index contributed by atoms with van der Waals surface area (Å²) in [7, 11) is 1.40. The Balaban J connectivity index is 2.33. The van der Waals surface area contributed by atoms with Crippen LogP contribution < -0.4 is 10.6 Å². The summed E-state index contributed by atoms with van der Waals surface area (Å²) in [4.78, 5) is 33.7.